The monoisotopic (exact) mass is 201 g/mol. The molecule has 0 aliphatic carbocycles. The zero-order chi connectivity index (χ0) is 10.7. The third kappa shape index (κ3) is 1.76. The molecule has 2 aromatic rings. The lowest BCUT2D eigenvalue weighted by Gasteiger charge is -1.97. The lowest BCUT2D eigenvalue weighted by Crippen LogP contribution is -1.82. The predicted octanol–water partition coefficient (Wildman–Crippen LogP) is 2.78. The van der Waals surface area contributed by atoms with Crippen molar-refractivity contribution in [3.63, 3.8) is 0 Å². The second-order valence-electron chi connectivity index (χ2n) is 3.17. The maximum atomic E-state index is 9.47. The zero-order valence-electron chi connectivity index (χ0n) is 8.18. The molecule has 0 fully saturated rings. The van der Waals surface area contributed by atoms with Crippen LogP contribution in [0.25, 0.3) is 11.3 Å². The third-order valence-corrected chi connectivity index (χ3v) is 2.15. The molecular weight excluding hydrogens is 190 g/mol. The predicted molar refractivity (Wildman–Crippen MR) is 57.5 cm³/mol. The van der Waals surface area contributed by atoms with Crippen molar-refractivity contribution in [2.75, 3.05) is 0 Å². The molecule has 0 atom stereocenters. The molecule has 3 nitrogen and oxygen atoms in total. The van der Waals surface area contributed by atoms with Crippen LogP contribution < -0.4 is 0 Å². The first-order chi connectivity index (χ1) is 7.33. The first-order valence-corrected chi connectivity index (χ1v) is 4.66. The van der Waals surface area contributed by atoms with Gasteiger partial charge in [-0.05, 0) is 11.6 Å². The van der Waals surface area contributed by atoms with Gasteiger partial charge in [0.05, 0.1) is 5.56 Å². The Morgan fingerprint density at radius 3 is 2.73 bits per heavy atom. The summed E-state index contributed by atoms with van der Waals surface area (Å²) in [7, 11) is 0. The normalized spacial score (nSPS) is 10.1. The fraction of sp³-hybridized carbons (Fsp3) is 0.0833. The van der Waals surface area contributed by atoms with Crippen LogP contribution >= 0.6 is 0 Å². The smallest absolute Gasteiger partial charge is 0.255 e. The van der Waals surface area contributed by atoms with Crippen LogP contribution in [0.15, 0.2) is 47.5 Å². The Bertz CT molecular complexity index is 460. The van der Waals surface area contributed by atoms with E-state index in [1.54, 1.807) is 6.08 Å². The molecule has 0 aliphatic heterocycles. The SMILES string of the molecule is C=CCc1c(O)noc1-c1ccccc1. The summed E-state index contributed by atoms with van der Waals surface area (Å²) in [6, 6.07) is 9.56. The van der Waals surface area contributed by atoms with Crippen LogP contribution in [-0.4, -0.2) is 10.3 Å². The van der Waals surface area contributed by atoms with Gasteiger partial charge in [-0.25, -0.2) is 0 Å². The van der Waals surface area contributed by atoms with Gasteiger partial charge in [0.15, 0.2) is 5.76 Å². The minimum absolute atomic E-state index is 0.0613. The van der Waals surface area contributed by atoms with E-state index in [2.05, 4.69) is 11.7 Å². The van der Waals surface area contributed by atoms with Gasteiger partial charge in [0, 0.05) is 5.56 Å². The van der Waals surface area contributed by atoms with E-state index in [0.717, 1.165) is 5.56 Å². The molecule has 0 saturated carbocycles. The summed E-state index contributed by atoms with van der Waals surface area (Å²) >= 11 is 0. The average molecular weight is 201 g/mol. The van der Waals surface area contributed by atoms with Gasteiger partial charge in [0.1, 0.15) is 0 Å². The second kappa shape index (κ2) is 4.00. The number of hydrogen-bond donors (Lipinski definition) is 1. The van der Waals surface area contributed by atoms with Crippen LogP contribution in [-0.2, 0) is 6.42 Å². The molecule has 76 valence electrons. The van der Waals surface area contributed by atoms with Crippen LogP contribution in [0.2, 0.25) is 0 Å². The maximum absolute atomic E-state index is 9.47. The lowest BCUT2D eigenvalue weighted by molar-refractivity contribution is 0.365. The standard InChI is InChI=1S/C12H11NO2/c1-2-6-10-11(15-13-12(10)14)9-7-4-3-5-8-9/h2-5,7-8H,1,6H2,(H,13,14). The van der Waals surface area contributed by atoms with E-state index < -0.39 is 0 Å². The molecule has 0 saturated heterocycles. The number of allylic oxidation sites excluding steroid dienone is 1. The molecule has 1 aromatic carbocycles. The van der Waals surface area contributed by atoms with E-state index in [1.165, 1.54) is 0 Å². The number of aromatic hydroxyl groups is 1. The van der Waals surface area contributed by atoms with Crippen molar-refractivity contribution in [3.05, 3.63) is 48.6 Å². The van der Waals surface area contributed by atoms with Crippen LogP contribution in [0.5, 0.6) is 5.88 Å². The third-order valence-electron chi connectivity index (χ3n) is 2.15. The highest BCUT2D eigenvalue weighted by molar-refractivity contribution is 5.63. The average Bonchev–Trinajstić information content (AvgIpc) is 2.63. The van der Waals surface area contributed by atoms with E-state index in [1.807, 2.05) is 30.3 Å². The molecule has 0 bridgehead atoms. The second-order valence-corrected chi connectivity index (χ2v) is 3.17. The highest BCUT2D eigenvalue weighted by Gasteiger charge is 2.14. The van der Waals surface area contributed by atoms with E-state index in [9.17, 15) is 5.11 Å². The molecule has 0 spiro atoms. The van der Waals surface area contributed by atoms with Crippen molar-refractivity contribution in [2.24, 2.45) is 0 Å². The number of benzene rings is 1. The van der Waals surface area contributed by atoms with Crippen molar-refractivity contribution in [1.82, 2.24) is 5.16 Å². The Hall–Kier alpha value is -2.03. The summed E-state index contributed by atoms with van der Waals surface area (Å²) in [6.45, 7) is 3.63. The van der Waals surface area contributed by atoms with Crippen LogP contribution in [0.1, 0.15) is 5.56 Å². The van der Waals surface area contributed by atoms with Crippen molar-refractivity contribution < 1.29 is 9.63 Å². The van der Waals surface area contributed by atoms with E-state index >= 15 is 0 Å². The van der Waals surface area contributed by atoms with Gasteiger partial charge in [0.25, 0.3) is 5.88 Å². The summed E-state index contributed by atoms with van der Waals surface area (Å²) < 4.78 is 5.09. The van der Waals surface area contributed by atoms with Crippen molar-refractivity contribution in [1.29, 1.82) is 0 Å². The fourth-order valence-corrected chi connectivity index (χ4v) is 1.45. The number of hydrogen-bond acceptors (Lipinski definition) is 3. The minimum atomic E-state index is -0.0613. The fourth-order valence-electron chi connectivity index (χ4n) is 1.45. The van der Waals surface area contributed by atoms with Crippen molar-refractivity contribution in [2.45, 2.75) is 6.42 Å². The van der Waals surface area contributed by atoms with Gasteiger partial charge in [-0.3, -0.25) is 0 Å². The van der Waals surface area contributed by atoms with Gasteiger partial charge in [-0.2, -0.15) is 0 Å². The molecule has 0 unspecified atom stereocenters. The van der Waals surface area contributed by atoms with Crippen molar-refractivity contribution >= 4 is 0 Å². The molecule has 2 rings (SSSR count). The van der Waals surface area contributed by atoms with Crippen LogP contribution in [0.4, 0.5) is 0 Å². The molecule has 15 heavy (non-hydrogen) atoms. The number of rotatable bonds is 3. The molecule has 0 radical (unpaired) electrons. The number of nitrogens with zero attached hydrogens (tertiary/aromatic N) is 1. The summed E-state index contributed by atoms with van der Waals surface area (Å²) in [4.78, 5) is 0. The van der Waals surface area contributed by atoms with Gasteiger partial charge in [-0.15, -0.1) is 6.58 Å². The Kier molecular flexibility index (Phi) is 2.54. The van der Waals surface area contributed by atoms with Gasteiger partial charge in [0.2, 0.25) is 0 Å². The van der Waals surface area contributed by atoms with Crippen molar-refractivity contribution in [3.8, 4) is 17.2 Å². The highest BCUT2D eigenvalue weighted by atomic mass is 16.5. The maximum Gasteiger partial charge on any atom is 0.255 e. The first-order valence-electron chi connectivity index (χ1n) is 4.66. The zero-order valence-corrected chi connectivity index (χ0v) is 8.18. The van der Waals surface area contributed by atoms with Gasteiger partial charge in [-0.1, -0.05) is 36.4 Å². The summed E-state index contributed by atoms with van der Waals surface area (Å²) in [5.41, 5.74) is 1.58. The Labute approximate surface area is 87.7 Å². The summed E-state index contributed by atoms with van der Waals surface area (Å²) in [6.07, 6.45) is 2.25. The number of aromatic nitrogens is 1. The Morgan fingerprint density at radius 1 is 1.33 bits per heavy atom. The molecule has 0 aliphatic rings. The van der Waals surface area contributed by atoms with Gasteiger partial charge < -0.3 is 9.63 Å². The highest BCUT2D eigenvalue weighted by Crippen LogP contribution is 2.30. The molecule has 0 amide bonds. The summed E-state index contributed by atoms with van der Waals surface area (Å²) in [5, 5.41) is 13.0. The van der Waals surface area contributed by atoms with E-state index in [-0.39, 0.29) is 5.88 Å². The molecule has 1 N–H and O–H groups in total. The van der Waals surface area contributed by atoms with Gasteiger partial charge >= 0.3 is 0 Å². The molecule has 3 heteroatoms. The van der Waals surface area contributed by atoms with Crippen LogP contribution in [0, 0.1) is 0 Å². The largest absolute Gasteiger partial charge is 0.491 e. The van der Waals surface area contributed by atoms with E-state index in [4.69, 9.17) is 4.52 Å². The molecule has 1 aromatic heterocycles. The Balaban J connectivity index is 2.49. The molecule has 1 heterocycles. The Morgan fingerprint density at radius 2 is 2.07 bits per heavy atom. The minimum Gasteiger partial charge on any atom is -0.491 e. The molecular formula is C12H11NO2. The first kappa shape index (κ1) is 9.52. The summed E-state index contributed by atoms with van der Waals surface area (Å²) in [5.74, 6) is 0.543. The van der Waals surface area contributed by atoms with Crippen LogP contribution in [0.3, 0.4) is 0 Å². The topological polar surface area (TPSA) is 46.3 Å². The lowest BCUT2D eigenvalue weighted by atomic mass is 10.1. The van der Waals surface area contributed by atoms with E-state index in [0.29, 0.717) is 17.7 Å². The quantitative estimate of drug-likeness (QED) is 0.776.